The van der Waals surface area contributed by atoms with Gasteiger partial charge in [-0.05, 0) is 90.8 Å². The molecule has 8 nitrogen and oxygen atoms in total. The summed E-state index contributed by atoms with van der Waals surface area (Å²) in [6.07, 6.45) is 2.48. The molecule has 0 heterocycles. The number of fused-ring (bicyclic) bond motifs is 7. The predicted octanol–water partition coefficient (Wildman–Crippen LogP) is 3.21. The summed E-state index contributed by atoms with van der Waals surface area (Å²) in [5, 5.41) is 64.8. The van der Waals surface area contributed by atoms with Crippen LogP contribution in [0.15, 0.2) is 11.6 Å². The van der Waals surface area contributed by atoms with Gasteiger partial charge in [-0.2, -0.15) is 0 Å². The maximum atomic E-state index is 12.8. The average Bonchev–Trinajstić information content (AvgIpc) is 2.80. The van der Waals surface area contributed by atoms with Gasteiger partial charge in [-0.15, -0.1) is 0 Å². The van der Waals surface area contributed by atoms with Crippen LogP contribution in [0, 0.1) is 50.2 Å². The van der Waals surface area contributed by atoms with E-state index in [-0.39, 0.29) is 23.7 Å². The lowest BCUT2D eigenvalue weighted by atomic mass is 9.33. The highest BCUT2D eigenvalue weighted by molar-refractivity contribution is 5.78. The predicted molar refractivity (Wildman–Crippen MR) is 139 cm³/mol. The molecule has 0 amide bonds. The Labute approximate surface area is 225 Å². The molecule has 8 heteroatoms. The lowest BCUT2D eigenvalue weighted by Crippen LogP contribution is -2.71. The molecule has 11 atom stereocenters. The first-order valence-corrected chi connectivity index (χ1v) is 14.3. The number of hydrogen-bond donors (Lipinski definition) is 6. The van der Waals surface area contributed by atoms with Crippen LogP contribution in [0.3, 0.4) is 0 Å². The third-order valence-electron chi connectivity index (χ3n) is 13.2. The topological polar surface area (TPSA) is 156 Å². The van der Waals surface area contributed by atoms with E-state index < -0.39 is 69.9 Å². The van der Waals surface area contributed by atoms with Crippen molar-refractivity contribution in [1.29, 1.82) is 0 Å². The Balaban J connectivity index is 1.65. The van der Waals surface area contributed by atoms with E-state index in [1.54, 1.807) is 0 Å². The standard InChI is InChI=1S/C30H46O8/c1-25(2)10-11-29(23(35)36)17(12-25)16-6-7-19-26(3)13-18(32)22(34)30(15-31,24(37)38)20(26)8-9-27(19,4)28(16,5)14-21(29)33/h6,17-22,31-34H,7-15H2,1-5H3,(H,35,36)(H,37,38). The lowest BCUT2D eigenvalue weighted by Gasteiger charge is -2.71. The quantitative estimate of drug-likeness (QED) is 0.302. The Hall–Kier alpha value is -1.48. The number of allylic oxidation sites excluding steroid dienone is 2. The van der Waals surface area contributed by atoms with Gasteiger partial charge < -0.3 is 30.6 Å². The minimum atomic E-state index is -1.85. The van der Waals surface area contributed by atoms with Gasteiger partial charge in [-0.3, -0.25) is 9.59 Å². The second-order valence-corrected chi connectivity index (χ2v) is 15.0. The molecule has 4 fully saturated rings. The van der Waals surface area contributed by atoms with E-state index in [9.17, 15) is 40.2 Å². The summed E-state index contributed by atoms with van der Waals surface area (Å²) in [6.45, 7) is 9.97. The van der Waals surface area contributed by atoms with Crippen LogP contribution in [-0.2, 0) is 9.59 Å². The van der Waals surface area contributed by atoms with Gasteiger partial charge in [-0.25, -0.2) is 0 Å². The zero-order valence-electron chi connectivity index (χ0n) is 23.4. The molecule has 11 unspecified atom stereocenters. The Kier molecular flexibility index (Phi) is 6.11. The molecule has 5 aliphatic rings. The highest BCUT2D eigenvalue weighted by Gasteiger charge is 2.73. The SMILES string of the molecule is CC1(C)CCC2(C(=O)O)C(O)CC3(C)C(=CCC4C5(C)CC(O)C(O)C(CO)(C(=O)O)C5CCC43C)C2C1. The van der Waals surface area contributed by atoms with Crippen molar-refractivity contribution in [2.75, 3.05) is 6.61 Å². The minimum Gasteiger partial charge on any atom is -0.481 e. The molecular weight excluding hydrogens is 488 g/mol. The molecule has 6 N–H and O–H groups in total. The van der Waals surface area contributed by atoms with Crippen molar-refractivity contribution in [2.24, 2.45) is 50.2 Å². The fraction of sp³-hybridized carbons (Fsp3) is 0.867. The Bertz CT molecular complexity index is 1070. The smallest absolute Gasteiger partial charge is 0.315 e. The zero-order valence-corrected chi connectivity index (χ0v) is 23.4. The van der Waals surface area contributed by atoms with Gasteiger partial charge in [0.2, 0.25) is 0 Å². The number of aliphatic hydroxyl groups is 4. The van der Waals surface area contributed by atoms with Crippen LogP contribution in [0.1, 0.15) is 86.0 Å². The molecule has 0 spiro atoms. The van der Waals surface area contributed by atoms with Crippen molar-refractivity contribution in [3.8, 4) is 0 Å². The summed E-state index contributed by atoms with van der Waals surface area (Å²) < 4.78 is 0. The van der Waals surface area contributed by atoms with E-state index in [0.717, 1.165) is 12.0 Å². The third-order valence-corrected chi connectivity index (χ3v) is 13.2. The van der Waals surface area contributed by atoms with Gasteiger partial charge >= 0.3 is 11.9 Å². The van der Waals surface area contributed by atoms with Gasteiger partial charge in [0.25, 0.3) is 0 Å². The molecule has 5 rings (SSSR count). The second-order valence-electron chi connectivity index (χ2n) is 15.0. The van der Waals surface area contributed by atoms with Gasteiger partial charge in [0.15, 0.2) is 0 Å². The minimum absolute atomic E-state index is 0.0460. The Morgan fingerprint density at radius 3 is 2.13 bits per heavy atom. The number of aliphatic carboxylic acids is 2. The summed E-state index contributed by atoms with van der Waals surface area (Å²) in [6, 6.07) is 0. The highest BCUT2D eigenvalue weighted by atomic mass is 16.4. The molecule has 0 aliphatic heterocycles. The average molecular weight is 535 g/mol. The molecule has 0 bridgehead atoms. The van der Waals surface area contributed by atoms with Crippen molar-refractivity contribution < 1.29 is 40.2 Å². The summed E-state index contributed by atoms with van der Waals surface area (Å²) in [4.78, 5) is 25.4. The molecule has 214 valence electrons. The van der Waals surface area contributed by atoms with Gasteiger partial charge in [0.05, 0.1) is 24.9 Å². The van der Waals surface area contributed by atoms with Gasteiger partial charge in [0.1, 0.15) is 10.8 Å². The number of carboxylic acids is 2. The summed E-state index contributed by atoms with van der Waals surface area (Å²) in [5.74, 6) is -3.10. The van der Waals surface area contributed by atoms with E-state index >= 15 is 0 Å². The van der Waals surface area contributed by atoms with Crippen LogP contribution < -0.4 is 0 Å². The summed E-state index contributed by atoms with van der Waals surface area (Å²) in [7, 11) is 0. The molecule has 5 aliphatic carbocycles. The number of rotatable bonds is 3. The highest BCUT2D eigenvalue weighted by Crippen LogP contribution is 2.75. The van der Waals surface area contributed by atoms with Crippen molar-refractivity contribution in [3.05, 3.63) is 11.6 Å². The van der Waals surface area contributed by atoms with Gasteiger partial charge in [-0.1, -0.05) is 46.3 Å². The van der Waals surface area contributed by atoms with Crippen molar-refractivity contribution in [2.45, 2.75) is 104 Å². The second kappa shape index (κ2) is 8.27. The molecule has 0 saturated heterocycles. The van der Waals surface area contributed by atoms with E-state index in [4.69, 9.17) is 0 Å². The molecule has 38 heavy (non-hydrogen) atoms. The van der Waals surface area contributed by atoms with Crippen molar-refractivity contribution >= 4 is 11.9 Å². The van der Waals surface area contributed by atoms with E-state index in [0.29, 0.717) is 38.5 Å². The van der Waals surface area contributed by atoms with Crippen LogP contribution >= 0.6 is 0 Å². The number of carbonyl (C=O) groups is 2. The number of hydrogen-bond acceptors (Lipinski definition) is 6. The maximum absolute atomic E-state index is 12.8. The molecule has 4 saturated carbocycles. The van der Waals surface area contributed by atoms with Crippen LogP contribution in [0.5, 0.6) is 0 Å². The normalized spacial score (nSPS) is 53.4. The van der Waals surface area contributed by atoms with Crippen LogP contribution in [0.25, 0.3) is 0 Å². The third kappa shape index (κ3) is 3.12. The summed E-state index contributed by atoms with van der Waals surface area (Å²) >= 11 is 0. The monoisotopic (exact) mass is 534 g/mol. The first-order chi connectivity index (χ1) is 17.5. The van der Waals surface area contributed by atoms with E-state index in [2.05, 4.69) is 33.8 Å². The number of carboxylic acid groups (broad SMARTS) is 2. The van der Waals surface area contributed by atoms with Crippen LogP contribution in [-0.4, -0.2) is 67.5 Å². The molecule has 0 aromatic rings. The van der Waals surface area contributed by atoms with Crippen LogP contribution in [0.4, 0.5) is 0 Å². The summed E-state index contributed by atoms with van der Waals surface area (Å²) in [5.41, 5.74) is -3.56. The van der Waals surface area contributed by atoms with E-state index in [1.165, 1.54) is 0 Å². The molecule has 0 radical (unpaired) electrons. The van der Waals surface area contributed by atoms with E-state index in [1.807, 2.05) is 6.92 Å². The lowest BCUT2D eigenvalue weighted by molar-refractivity contribution is -0.254. The molecule has 0 aromatic heterocycles. The first kappa shape index (κ1) is 28.1. The Morgan fingerprint density at radius 1 is 0.895 bits per heavy atom. The Morgan fingerprint density at radius 2 is 1.55 bits per heavy atom. The number of aliphatic hydroxyl groups excluding tert-OH is 4. The first-order valence-electron chi connectivity index (χ1n) is 14.3. The van der Waals surface area contributed by atoms with Crippen molar-refractivity contribution in [1.82, 2.24) is 0 Å². The molecule has 0 aromatic carbocycles. The maximum Gasteiger partial charge on any atom is 0.315 e. The van der Waals surface area contributed by atoms with Gasteiger partial charge in [0, 0.05) is 0 Å². The fourth-order valence-electron chi connectivity index (χ4n) is 10.9. The molecular formula is C30H46O8. The zero-order chi connectivity index (χ0) is 28.3. The van der Waals surface area contributed by atoms with Crippen molar-refractivity contribution in [3.63, 3.8) is 0 Å². The fourth-order valence-corrected chi connectivity index (χ4v) is 10.9. The largest absolute Gasteiger partial charge is 0.481 e. The van der Waals surface area contributed by atoms with Crippen LogP contribution in [0.2, 0.25) is 0 Å².